The molecule has 10 nitrogen and oxygen atoms in total. The van der Waals surface area contributed by atoms with Crippen molar-refractivity contribution < 1.29 is 14.2 Å². The third kappa shape index (κ3) is 2.53. The molecule has 2 aliphatic rings. The summed E-state index contributed by atoms with van der Waals surface area (Å²) in [6.07, 6.45) is -0.660. The Bertz CT molecular complexity index is 682. The maximum Gasteiger partial charge on any atom is 0.351 e. The van der Waals surface area contributed by atoms with Crippen molar-refractivity contribution in [3.63, 3.8) is 0 Å². The number of fused-ring (bicyclic) bond motifs is 1. The fourth-order valence-electron chi connectivity index (χ4n) is 2.77. The zero-order valence-corrected chi connectivity index (χ0v) is 12.1. The van der Waals surface area contributed by atoms with E-state index in [1.165, 1.54) is 16.8 Å². The summed E-state index contributed by atoms with van der Waals surface area (Å²) in [5, 5.41) is 3.52. The van der Waals surface area contributed by atoms with Crippen LogP contribution in [0.1, 0.15) is 20.1 Å². The lowest BCUT2D eigenvalue weighted by molar-refractivity contribution is -0.196. The highest BCUT2D eigenvalue weighted by molar-refractivity contribution is 5.23. The maximum atomic E-state index is 12.0. The fraction of sp³-hybridized carbons (Fsp3) is 0.667. The van der Waals surface area contributed by atoms with E-state index in [1.54, 1.807) is 13.8 Å². The molecule has 0 amide bonds. The van der Waals surface area contributed by atoms with Crippen molar-refractivity contribution in [2.75, 3.05) is 12.3 Å². The lowest BCUT2D eigenvalue weighted by Crippen LogP contribution is -2.35. The Labute approximate surface area is 125 Å². The van der Waals surface area contributed by atoms with Crippen molar-refractivity contribution >= 4 is 5.82 Å². The molecule has 1 aromatic rings. The van der Waals surface area contributed by atoms with Gasteiger partial charge in [0.2, 0.25) is 0 Å². The molecule has 22 heavy (non-hydrogen) atoms. The van der Waals surface area contributed by atoms with Crippen LogP contribution in [0.4, 0.5) is 5.82 Å². The smallest absolute Gasteiger partial charge is 0.351 e. The van der Waals surface area contributed by atoms with Crippen molar-refractivity contribution in [2.24, 2.45) is 5.11 Å². The van der Waals surface area contributed by atoms with Gasteiger partial charge in [-0.2, -0.15) is 4.98 Å². The highest BCUT2D eigenvalue weighted by Crippen LogP contribution is 2.42. The number of nitrogens with zero attached hydrogens (tertiary/aromatic N) is 5. The Hall–Kier alpha value is -2.13. The van der Waals surface area contributed by atoms with Gasteiger partial charge in [-0.05, 0) is 25.4 Å². The van der Waals surface area contributed by atoms with Gasteiger partial charge >= 0.3 is 5.69 Å². The van der Waals surface area contributed by atoms with Gasteiger partial charge in [-0.25, -0.2) is 4.79 Å². The van der Waals surface area contributed by atoms with Gasteiger partial charge in [-0.3, -0.25) is 4.57 Å². The van der Waals surface area contributed by atoms with Crippen molar-refractivity contribution in [3.8, 4) is 0 Å². The molecule has 10 heteroatoms. The Morgan fingerprint density at radius 1 is 1.50 bits per heavy atom. The number of rotatable bonds is 3. The predicted molar refractivity (Wildman–Crippen MR) is 74.7 cm³/mol. The molecule has 118 valence electrons. The minimum atomic E-state index is -0.809. The van der Waals surface area contributed by atoms with E-state index in [0.29, 0.717) is 0 Å². The Kier molecular flexibility index (Phi) is 3.53. The molecule has 0 spiro atoms. The number of azide groups is 1. The molecular formula is C12H16N6O4. The molecule has 2 N–H and O–H groups in total. The Morgan fingerprint density at radius 3 is 2.91 bits per heavy atom. The largest absolute Gasteiger partial charge is 0.383 e. The lowest BCUT2D eigenvalue weighted by atomic mass is 10.1. The van der Waals surface area contributed by atoms with Crippen molar-refractivity contribution in [2.45, 2.75) is 44.2 Å². The number of ether oxygens (including phenoxy) is 3. The van der Waals surface area contributed by atoms with Gasteiger partial charge < -0.3 is 19.9 Å². The first-order valence-electron chi connectivity index (χ1n) is 6.78. The SMILES string of the molecule is CC1(C)OC2C(O1)[C@@H](CN=[N+]=[N-])O[C@H]2n1ccc(N)nc1=O. The highest BCUT2D eigenvalue weighted by Gasteiger charge is 2.55. The first-order valence-corrected chi connectivity index (χ1v) is 6.78. The van der Waals surface area contributed by atoms with Gasteiger partial charge in [-0.15, -0.1) is 0 Å². The van der Waals surface area contributed by atoms with E-state index in [0.717, 1.165) is 0 Å². The van der Waals surface area contributed by atoms with Gasteiger partial charge in [0.05, 0.1) is 12.6 Å². The summed E-state index contributed by atoms with van der Waals surface area (Å²) in [5.74, 6) is -0.679. The second-order valence-corrected chi connectivity index (χ2v) is 5.59. The number of aromatic nitrogens is 2. The molecule has 2 aliphatic heterocycles. The summed E-state index contributed by atoms with van der Waals surface area (Å²) in [5.41, 5.74) is 13.4. The van der Waals surface area contributed by atoms with E-state index in [4.69, 9.17) is 25.5 Å². The van der Waals surface area contributed by atoms with E-state index in [1.807, 2.05) is 0 Å². The zero-order valence-electron chi connectivity index (χ0n) is 12.1. The summed E-state index contributed by atoms with van der Waals surface area (Å²) < 4.78 is 18.7. The van der Waals surface area contributed by atoms with Crippen molar-refractivity contribution in [3.05, 3.63) is 33.2 Å². The first-order chi connectivity index (χ1) is 10.4. The number of hydrogen-bond acceptors (Lipinski definition) is 7. The standard InChI is InChI=1S/C12H16N6O4/c1-12(2)21-8-6(5-15-17-14)20-10(9(8)22-12)18-4-3-7(13)16-11(18)19/h3-4,6,8-10H,5H2,1-2H3,(H2,13,16,19)/t6-,8?,9?,10-/m1/s1. The first kappa shape index (κ1) is 14.8. The van der Waals surface area contributed by atoms with Crippen LogP contribution in [0.3, 0.4) is 0 Å². The Morgan fingerprint density at radius 2 is 2.23 bits per heavy atom. The van der Waals surface area contributed by atoms with E-state index >= 15 is 0 Å². The van der Waals surface area contributed by atoms with Crippen LogP contribution in [-0.2, 0) is 14.2 Å². The molecule has 0 radical (unpaired) electrons. The number of hydrogen-bond donors (Lipinski definition) is 1. The normalized spacial score (nSPS) is 32.5. The topological polar surface area (TPSA) is 137 Å². The molecule has 3 rings (SSSR count). The van der Waals surface area contributed by atoms with Crippen molar-refractivity contribution in [1.82, 2.24) is 9.55 Å². The molecule has 2 fully saturated rings. The van der Waals surface area contributed by atoms with E-state index < -0.39 is 36.0 Å². The van der Waals surface area contributed by atoms with Crippen LogP contribution < -0.4 is 11.4 Å². The highest BCUT2D eigenvalue weighted by atomic mass is 16.8. The van der Waals surface area contributed by atoms with E-state index in [2.05, 4.69) is 15.0 Å². The molecule has 4 atom stereocenters. The van der Waals surface area contributed by atoms with Gasteiger partial charge in [0.1, 0.15) is 18.0 Å². The third-order valence-electron chi connectivity index (χ3n) is 3.58. The summed E-state index contributed by atoms with van der Waals surface area (Å²) in [6, 6.07) is 1.50. The molecule has 0 saturated carbocycles. The van der Waals surface area contributed by atoms with Crippen LogP contribution in [0, 0.1) is 0 Å². The van der Waals surface area contributed by atoms with Crippen LogP contribution in [0.15, 0.2) is 22.2 Å². The van der Waals surface area contributed by atoms with Gasteiger partial charge in [-0.1, -0.05) is 5.11 Å². The summed E-state index contributed by atoms with van der Waals surface area (Å²) in [4.78, 5) is 18.4. The maximum absolute atomic E-state index is 12.0. The third-order valence-corrected chi connectivity index (χ3v) is 3.58. The fourth-order valence-corrected chi connectivity index (χ4v) is 2.77. The summed E-state index contributed by atoms with van der Waals surface area (Å²) in [6.45, 7) is 3.64. The zero-order chi connectivity index (χ0) is 15.9. The van der Waals surface area contributed by atoms with Gasteiger partial charge in [0.25, 0.3) is 0 Å². The molecule has 0 bridgehead atoms. The molecule has 2 unspecified atom stereocenters. The van der Waals surface area contributed by atoms with Gasteiger partial charge in [0, 0.05) is 11.1 Å². The predicted octanol–water partition coefficient (Wildman–Crippen LogP) is 0.553. The number of anilines is 1. The average Bonchev–Trinajstić information content (AvgIpc) is 2.91. The molecule has 2 saturated heterocycles. The van der Waals surface area contributed by atoms with Crippen LogP contribution in [0.25, 0.3) is 10.4 Å². The van der Waals surface area contributed by atoms with Crippen LogP contribution in [0.5, 0.6) is 0 Å². The molecule has 3 heterocycles. The minimum absolute atomic E-state index is 0.0881. The quantitative estimate of drug-likeness (QED) is 0.491. The monoisotopic (exact) mass is 308 g/mol. The molecule has 0 aliphatic carbocycles. The molecule has 0 aromatic carbocycles. The average molecular weight is 308 g/mol. The molecular weight excluding hydrogens is 292 g/mol. The minimum Gasteiger partial charge on any atom is -0.383 e. The second-order valence-electron chi connectivity index (χ2n) is 5.59. The summed E-state index contributed by atoms with van der Waals surface area (Å²) >= 11 is 0. The second kappa shape index (κ2) is 5.25. The number of nitrogens with two attached hydrogens (primary N) is 1. The van der Waals surface area contributed by atoms with E-state index in [-0.39, 0.29) is 12.4 Å². The lowest BCUT2D eigenvalue weighted by Gasteiger charge is -2.24. The van der Waals surface area contributed by atoms with Gasteiger partial charge in [0.15, 0.2) is 12.0 Å². The van der Waals surface area contributed by atoms with Crippen LogP contribution in [-0.4, -0.2) is 40.2 Å². The number of nitrogen functional groups attached to an aromatic ring is 1. The van der Waals surface area contributed by atoms with Crippen molar-refractivity contribution in [1.29, 1.82) is 0 Å². The Balaban J connectivity index is 1.94. The molecule has 1 aromatic heterocycles. The summed E-state index contributed by atoms with van der Waals surface area (Å²) in [7, 11) is 0. The van der Waals surface area contributed by atoms with Crippen LogP contribution in [0.2, 0.25) is 0 Å². The van der Waals surface area contributed by atoms with E-state index in [9.17, 15) is 4.79 Å². The van der Waals surface area contributed by atoms with Crippen LogP contribution >= 0.6 is 0 Å².